The first-order valence-electron chi connectivity index (χ1n) is 9.05. The maximum Gasteiger partial charge on any atom is 0.219 e. The largest absolute Gasteiger partial charge is 0.346 e. The maximum atomic E-state index is 12.8. The summed E-state index contributed by atoms with van der Waals surface area (Å²) in [6.07, 6.45) is 1.48. The van der Waals surface area contributed by atoms with Gasteiger partial charge in [0.15, 0.2) is 0 Å². The van der Waals surface area contributed by atoms with Gasteiger partial charge in [0, 0.05) is 38.9 Å². The third kappa shape index (κ3) is 4.40. The Balaban J connectivity index is 2.18. The van der Waals surface area contributed by atoms with Crippen LogP contribution in [0.1, 0.15) is 61.3 Å². The van der Waals surface area contributed by atoms with Gasteiger partial charge < -0.3 is 4.90 Å². The average Bonchev–Trinajstić information content (AvgIpc) is 2.54. The Morgan fingerprint density at radius 1 is 1.15 bits per heavy atom. The summed E-state index contributed by atoms with van der Waals surface area (Å²) in [6.45, 7) is 7.77. The van der Waals surface area contributed by atoms with Crippen molar-refractivity contribution in [2.45, 2.75) is 52.9 Å². The third-order valence-corrected chi connectivity index (χ3v) is 5.19. The summed E-state index contributed by atoms with van der Waals surface area (Å²) in [5.74, 6) is 5.28. The minimum Gasteiger partial charge on any atom is -0.346 e. The quantitative estimate of drug-likeness (QED) is 0.617. The Kier molecular flexibility index (Phi) is 6.37. The van der Waals surface area contributed by atoms with Gasteiger partial charge in [-0.25, -0.2) is 0 Å². The van der Waals surface area contributed by atoms with E-state index >= 15 is 0 Å². The average molecular weight is 353 g/mol. The van der Waals surface area contributed by atoms with Crippen LogP contribution in [0.5, 0.6) is 0 Å². The van der Waals surface area contributed by atoms with E-state index in [9.17, 15) is 14.4 Å². The van der Waals surface area contributed by atoms with Gasteiger partial charge in [-0.05, 0) is 61.9 Å². The Labute approximate surface area is 156 Å². The molecule has 0 spiro atoms. The summed E-state index contributed by atoms with van der Waals surface area (Å²) >= 11 is 0. The lowest BCUT2D eigenvalue weighted by Gasteiger charge is -2.29. The first-order valence-corrected chi connectivity index (χ1v) is 9.05. The van der Waals surface area contributed by atoms with E-state index in [4.69, 9.17) is 0 Å². The molecule has 26 heavy (non-hydrogen) atoms. The topological polar surface area (TPSA) is 54.5 Å². The van der Waals surface area contributed by atoms with Crippen LogP contribution >= 0.6 is 0 Å². The standard InChI is InChI=1S/C22H27NO3/c1-6-7-17-10-14(2)21(15(3)11-17)22-19(25)12-18(13-20(22)26)8-9-23(5)16(4)24/h10-11,18,22H,8-9,12-13H2,1-5H3. The number of rotatable bonds is 4. The molecule has 0 unspecified atom stereocenters. The Hall–Kier alpha value is -2.41. The smallest absolute Gasteiger partial charge is 0.219 e. The second-order valence-electron chi connectivity index (χ2n) is 7.27. The van der Waals surface area contributed by atoms with Crippen LogP contribution in [0.4, 0.5) is 0 Å². The number of aryl methyl sites for hydroxylation is 2. The molecule has 1 aliphatic carbocycles. The molecule has 4 nitrogen and oxygen atoms in total. The predicted molar refractivity (Wildman–Crippen MR) is 102 cm³/mol. The molecule has 1 saturated carbocycles. The van der Waals surface area contributed by atoms with Gasteiger partial charge in [-0.15, -0.1) is 5.92 Å². The second-order valence-corrected chi connectivity index (χ2v) is 7.27. The van der Waals surface area contributed by atoms with E-state index in [1.54, 1.807) is 18.9 Å². The van der Waals surface area contributed by atoms with Crippen molar-refractivity contribution in [1.29, 1.82) is 0 Å². The van der Waals surface area contributed by atoms with Crippen LogP contribution in [0.15, 0.2) is 12.1 Å². The fourth-order valence-electron chi connectivity index (χ4n) is 3.76. The molecular weight excluding hydrogens is 326 g/mol. The number of carbonyl (C=O) groups excluding carboxylic acids is 3. The first-order chi connectivity index (χ1) is 12.2. The van der Waals surface area contributed by atoms with Gasteiger partial charge in [0.1, 0.15) is 17.5 Å². The number of benzene rings is 1. The van der Waals surface area contributed by atoms with E-state index in [1.807, 2.05) is 26.0 Å². The molecule has 1 aliphatic rings. The monoisotopic (exact) mass is 353 g/mol. The summed E-state index contributed by atoms with van der Waals surface area (Å²) in [4.78, 5) is 38.5. The molecule has 0 saturated heterocycles. The zero-order valence-electron chi connectivity index (χ0n) is 16.3. The molecule has 0 heterocycles. The van der Waals surface area contributed by atoms with Crippen LogP contribution < -0.4 is 0 Å². The molecule has 0 N–H and O–H groups in total. The van der Waals surface area contributed by atoms with Gasteiger partial charge in [0.25, 0.3) is 0 Å². The first kappa shape index (κ1) is 19.9. The molecule has 1 aromatic rings. The molecule has 1 aromatic carbocycles. The molecule has 1 fully saturated rings. The minimum atomic E-state index is -0.652. The zero-order valence-corrected chi connectivity index (χ0v) is 16.3. The fourth-order valence-corrected chi connectivity index (χ4v) is 3.76. The maximum absolute atomic E-state index is 12.8. The van der Waals surface area contributed by atoms with E-state index in [0.717, 1.165) is 22.3 Å². The summed E-state index contributed by atoms with van der Waals surface area (Å²) in [5.41, 5.74) is 3.65. The number of hydrogen-bond donors (Lipinski definition) is 0. The van der Waals surface area contributed by atoms with E-state index in [1.165, 1.54) is 6.92 Å². The molecule has 2 rings (SSSR count). The SMILES string of the molecule is CC#Cc1cc(C)c(C2C(=O)CC(CCN(C)C(C)=O)CC2=O)c(C)c1. The number of nitrogens with zero attached hydrogens (tertiary/aromatic N) is 1. The number of ketones is 2. The summed E-state index contributed by atoms with van der Waals surface area (Å²) in [6, 6.07) is 3.90. The van der Waals surface area contributed by atoms with Crippen LogP contribution in [0.25, 0.3) is 0 Å². The molecule has 0 aliphatic heterocycles. The van der Waals surface area contributed by atoms with Crippen LogP contribution in [-0.2, 0) is 14.4 Å². The Bertz CT molecular complexity index is 756. The van der Waals surface area contributed by atoms with Crippen LogP contribution in [0, 0.1) is 31.6 Å². The molecule has 138 valence electrons. The van der Waals surface area contributed by atoms with Gasteiger partial charge in [-0.1, -0.05) is 5.92 Å². The van der Waals surface area contributed by atoms with Crippen LogP contribution in [-0.4, -0.2) is 36.0 Å². The lowest BCUT2D eigenvalue weighted by Crippen LogP contribution is -2.34. The molecule has 0 radical (unpaired) electrons. The number of amides is 1. The van der Waals surface area contributed by atoms with Gasteiger partial charge in [-0.2, -0.15) is 0 Å². The van der Waals surface area contributed by atoms with Crippen molar-refractivity contribution in [2.24, 2.45) is 5.92 Å². The summed E-state index contributed by atoms with van der Waals surface area (Å²) in [7, 11) is 1.74. The number of hydrogen-bond acceptors (Lipinski definition) is 3. The zero-order chi connectivity index (χ0) is 19.4. The highest BCUT2D eigenvalue weighted by Gasteiger charge is 2.37. The molecule has 0 bridgehead atoms. The summed E-state index contributed by atoms with van der Waals surface area (Å²) < 4.78 is 0. The minimum absolute atomic E-state index is 0.00198. The number of Topliss-reactive ketones (excluding diaryl/α,β-unsaturated/α-hetero) is 2. The molecule has 0 aromatic heterocycles. The molecule has 0 atom stereocenters. The van der Waals surface area contributed by atoms with Gasteiger partial charge >= 0.3 is 0 Å². The fraction of sp³-hybridized carbons (Fsp3) is 0.500. The second kappa shape index (κ2) is 8.31. The van der Waals surface area contributed by atoms with Crippen molar-refractivity contribution in [2.75, 3.05) is 13.6 Å². The predicted octanol–water partition coefficient (Wildman–Crippen LogP) is 3.18. The van der Waals surface area contributed by atoms with Crippen molar-refractivity contribution in [3.8, 4) is 11.8 Å². The highest BCUT2D eigenvalue weighted by Crippen LogP contribution is 2.35. The lowest BCUT2D eigenvalue weighted by atomic mass is 9.73. The van der Waals surface area contributed by atoms with Gasteiger partial charge in [0.05, 0.1) is 0 Å². The van der Waals surface area contributed by atoms with E-state index in [-0.39, 0.29) is 23.4 Å². The molecule has 4 heteroatoms. The van der Waals surface area contributed by atoms with Gasteiger partial charge in [0.2, 0.25) is 5.91 Å². The number of carbonyl (C=O) groups is 3. The van der Waals surface area contributed by atoms with Crippen LogP contribution in [0.3, 0.4) is 0 Å². The lowest BCUT2D eigenvalue weighted by molar-refractivity contribution is -0.133. The van der Waals surface area contributed by atoms with Crippen molar-refractivity contribution in [3.05, 3.63) is 34.4 Å². The Morgan fingerprint density at radius 3 is 2.15 bits per heavy atom. The Morgan fingerprint density at radius 2 is 1.69 bits per heavy atom. The highest BCUT2D eigenvalue weighted by molar-refractivity contribution is 6.10. The summed E-state index contributed by atoms with van der Waals surface area (Å²) in [5, 5.41) is 0. The third-order valence-electron chi connectivity index (χ3n) is 5.19. The van der Waals surface area contributed by atoms with Crippen molar-refractivity contribution in [3.63, 3.8) is 0 Å². The van der Waals surface area contributed by atoms with Crippen molar-refractivity contribution in [1.82, 2.24) is 4.90 Å². The molecule has 1 amide bonds. The highest BCUT2D eigenvalue weighted by atomic mass is 16.2. The van der Waals surface area contributed by atoms with E-state index < -0.39 is 5.92 Å². The van der Waals surface area contributed by atoms with E-state index in [0.29, 0.717) is 25.8 Å². The van der Waals surface area contributed by atoms with Crippen molar-refractivity contribution >= 4 is 17.5 Å². The van der Waals surface area contributed by atoms with E-state index in [2.05, 4.69) is 11.8 Å². The normalized spacial score (nSPS) is 19.7. The van der Waals surface area contributed by atoms with Gasteiger partial charge in [-0.3, -0.25) is 14.4 Å². The molecular formula is C22H27NO3. The van der Waals surface area contributed by atoms with Crippen molar-refractivity contribution < 1.29 is 14.4 Å². The van der Waals surface area contributed by atoms with Crippen LogP contribution in [0.2, 0.25) is 0 Å².